The fourth-order valence-electron chi connectivity index (χ4n) is 1.28. The zero-order valence-electron chi connectivity index (χ0n) is 5.05. The van der Waals surface area contributed by atoms with Gasteiger partial charge in [0.25, 0.3) is 5.79 Å². The maximum atomic E-state index is 9.31. The third kappa shape index (κ3) is 0.435. The van der Waals surface area contributed by atoms with Gasteiger partial charge in [-0.15, -0.1) is 0 Å². The number of aliphatic hydroxyl groups excluding tert-OH is 1. The molecule has 0 saturated carbocycles. The molecule has 0 aromatic rings. The van der Waals surface area contributed by atoms with Crippen molar-refractivity contribution in [2.45, 2.75) is 18.1 Å². The Kier molecular flexibility index (Phi) is 0.749. The summed E-state index contributed by atoms with van der Waals surface area (Å²) in [4.78, 5) is 0. The molecule has 2 unspecified atom stereocenters. The van der Waals surface area contributed by atoms with E-state index >= 15 is 0 Å². The van der Waals surface area contributed by atoms with Crippen LogP contribution in [-0.4, -0.2) is 42.4 Å². The number of hydrogen-bond donors (Lipinski definition) is 3. The molecule has 4 rings (SSSR count). The fourth-order valence-corrected chi connectivity index (χ4v) is 3.54. The first-order valence-corrected chi connectivity index (χ1v) is 4.54. The summed E-state index contributed by atoms with van der Waals surface area (Å²) >= 11 is 0. The van der Waals surface area contributed by atoms with E-state index in [1.807, 2.05) is 0 Å². The van der Waals surface area contributed by atoms with E-state index in [2.05, 4.69) is 17.7 Å². The molecule has 0 aliphatic carbocycles. The minimum absolute atomic E-state index is 1.60. The number of aliphatic hydroxyl groups is 3. The molecule has 4 saturated heterocycles. The van der Waals surface area contributed by atoms with Gasteiger partial charge in [0.1, 0.15) is 0 Å². The molecule has 0 amide bonds. The summed E-state index contributed by atoms with van der Waals surface area (Å²) in [6.07, 6.45) is -1.60. The van der Waals surface area contributed by atoms with Crippen molar-refractivity contribution in [1.82, 2.24) is 0 Å². The minimum atomic E-state index is -3.30. The van der Waals surface area contributed by atoms with Crippen molar-refractivity contribution >= 4 is 9.05 Å². The van der Waals surface area contributed by atoms with Crippen LogP contribution in [0.15, 0.2) is 0 Å². The van der Waals surface area contributed by atoms with Gasteiger partial charge >= 0.3 is 15.0 Å². The predicted octanol–water partition coefficient (Wildman–Crippen LogP) is -2.82. The molecular weight excluding hydrogens is 176 g/mol. The quantitative estimate of drug-likeness (QED) is 0.346. The molecule has 8 heteroatoms. The lowest BCUT2D eigenvalue weighted by atomic mass is 10.2. The van der Waals surface area contributed by atoms with Gasteiger partial charge in [-0.05, 0) is 0 Å². The zero-order valence-corrected chi connectivity index (χ0v) is 6.05. The summed E-state index contributed by atoms with van der Waals surface area (Å²) in [7, 11) is -3.30. The largest absolute Gasteiger partial charge is 0.692 e. The highest BCUT2D eigenvalue weighted by molar-refractivity contribution is 6.58. The van der Waals surface area contributed by atoms with Crippen LogP contribution in [0, 0.1) is 0 Å². The minimum Gasteiger partial charge on any atom is -0.364 e. The van der Waals surface area contributed by atoms with Gasteiger partial charge in [0.15, 0.2) is 0 Å². The lowest BCUT2D eigenvalue weighted by Gasteiger charge is -2.44. The highest BCUT2D eigenvalue weighted by atomic mass is 28.4. The third-order valence-electron chi connectivity index (χ3n) is 1.85. The van der Waals surface area contributed by atoms with E-state index in [0.29, 0.717) is 0 Å². The molecule has 4 fully saturated rings. The van der Waals surface area contributed by atoms with Crippen LogP contribution < -0.4 is 0 Å². The smallest absolute Gasteiger partial charge is 0.364 e. The summed E-state index contributed by atoms with van der Waals surface area (Å²) in [6.45, 7) is 0. The van der Waals surface area contributed by atoms with Crippen LogP contribution in [0.1, 0.15) is 0 Å². The molecule has 2 atom stereocenters. The molecule has 7 nitrogen and oxygen atoms in total. The van der Waals surface area contributed by atoms with Crippen molar-refractivity contribution < 1.29 is 33.0 Å². The average Bonchev–Trinajstić information content (AvgIpc) is 2.19. The van der Waals surface area contributed by atoms with E-state index in [1.165, 1.54) is 0 Å². The third-order valence-corrected chi connectivity index (χ3v) is 3.98. The van der Waals surface area contributed by atoms with Gasteiger partial charge < -0.3 is 24.2 Å². The van der Waals surface area contributed by atoms with E-state index in [4.69, 9.17) is 10.2 Å². The molecule has 0 aromatic heterocycles. The maximum Gasteiger partial charge on any atom is 0.692 e. The number of hydrogen-bond acceptors (Lipinski definition) is 7. The molecular formula is C3H4O7Si. The molecule has 62 valence electrons. The Balaban J connectivity index is 2.12. The first kappa shape index (κ1) is 6.45. The van der Waals surface area contributed by atoms with E-state index < -0.39 is 27.1 Å². The van der Waals surface area contributed by atoms with Crippen LogP contribution in [0.2, 0.25) is 0 Å². The molecule has 4 aliphatic heterocycles. The SMILES string of the molecule is OC1O[Si]23OC(O)(O2)C1(O)O3. The first-order chi connectivity index (χ1) is 5.00. The summed E-state index contributed by atoms with van der Waals surface area (Å²) in [6, 6.07) is 0. The van der Waals surface area contributed by atoms with Gasteiger partial charge in [0.2, 0.25) is 6.29 Å². The van der Waals surface area contributed by atoms with Crippen LogP contribution in [0.4, 0.5) is 0 Å². The summed E-state index contributed by atoms with van der Waals surface area (Å²) in [5.41, 5.74) is 0. The lowest BCUT2D eigenvalue weighted by Crippen LogP contribution is -2.73. The predicted molar refractivity (Wildman–Crippen MR) is 26.0 cm³/mol. The Bertz CT molecular complexity index is 230. The van der Waals surface area contributed by atoms with Crippen molar-refractivity contribution in [3.63, 3.8) is 0 Å². The Morgan fingerprint density at radius 2 is 1.82 bits per heavy atom. The topological polar surface area (TPSA) is 97.6 Å². The Morgan fingerprint density at radius 1 is 1.18 bits per heavy atom. The summed E-state index contributed by atoms with van der Waals surface area (Å²) in [5, 5.41) is 27.4. The standard InChI is InChI=1S/C3H4O7Si/c4-1-2(5)3(6)9-11(7-1,8-2)10-3/h1,4-6H. The molecule has 3 bridgehead atoms. The van der Waals surface area contributed by atoms with Crippen molar-refractivity contribution in [1.29, 1.82) is 0 Å². The maximum absolute atomic E-state index is 9.31. The second-order valence-corrected chi connectivity index (χ2v) is 4.40. The second kappa shape index (κ2) is 1.28. The van der Waals surface area contributed by atoms with Crippen molar-refractivity contribution in [3.8, 4) is 0 Å². The van der Waals surface area contributed by atoms with Gasteiger partial charge in [-0.1, -0.05) is 0 Å². The zero-order chi connectivity index (χ0) is 7.91. The van der Waals surface area contributed by atoms with Crippen LogP contribution in [0.5, 0.6) is 0 Å². The van der Waals surface area contributed by atoms with Crippen LogP contribution in [0.3, 0.4) is 0 Å². The molecule has 0 aromatic carbocycles. The van der Waals surface area contributed by atoms with Gasteiger partial charge in [-0.3, -0.25) is 8.85 Å². The highest BCUT2D eigenvalue weighted by Crippen LogP contribution is 2.59. The van der Waals surface area contributed by atoms with Gasteiger partial charge in [0.05, 0.1) is 0 Å². The summed E-state index contributed by atoms with van der Waals surface area (Å²) < 4.78 is 18.5. The number of rotatable bonds is 0. The fraction of sp³-hybridized carbons (Fsp3) is 1.00. The molecule has 3 N–H and O–H groups in total. The molecule has 4 aliphatic rings. The van der Waals surface area contributed by atoms with Gasteiger partial charge in [-0.25, -0.2) is 0 Å². The normalized spacial score (nSPS) is 71.7. The average molecular weight is 180 g/mol. The van der Waals surface area contributed by atoms with Crippen molar-refractivity contribution in [3.05, 3.63) is 0 Å². The van der Waals surface area contributed by atoms with E-state index in [1.54, 1.807) is 0 Å². The van der Waals surface area contributed by atoms with Crippen molar-refractivity contribution in [2.24, 2.45) is 0 Å². The van der Waals surface area contributed by atoms with Gasteiger partial charge in [-0.2, -0.15) is 0 Å². The highest BCUT2D eigenvalue weighted by Gasteiger charge is 2.93. The van der Waals surface area contributed by atoms with Crippen LogP contribution in [-0.2, 0) is 17.7 Å². The first-order valence-electron chi connectivity index (χ1n) is 2.91. The Hall–Kier alpha value is -0.0631. The molecule has 0 radical (unpaired) electrons. The Morgan fingerprint density at radius 3 is 2.09 bits per heavy atom. The monoisotopic (exact) mass is 180 g/mol. The molecule has 11 heavy (non-hydrogen) atoms. The van der Waals surface area contributed by atoms with E-state index in [0.717, 1.165) is 0 Å². The van der Waals surface area contributed by atoms with Crippen LogP contribution >= 0.6 is 0 Å². The summed E-state index contributed by atoms with van der Waals surface area (Å²) in [5.74, 6) is -4.49. The van der Waals surface area contributed by atoms with Gasteiger partial charge in [0, 0.05) is 0 Å². The van der Waals surface area contributed by atoms with E-state index in [-0.39, 0.29) is 0 Å². The van der Waals surface area contributed by atoms with Crippen molar-refractivity contribution in [2.75, 3.05) is 0 Å². The van der Waals surface area contributed by atoms with E-state index in [9.17, 15) is 5.11 Å². The Labute approximate surface area is 61.2 Å². The molecule has 1 spiro atoms. The lowest BCUT2D eigenvalue weighted by molar-refractivity contribution is -0.470. The van der Waals surface area contributed by atoms with Crippen LogP contribution in [0.25, 0.3) is 0 Å². The second-order valence-electron chi connectivity index (χ2n) is 2.55. The molecule has 4 heterocycles.